The predicted molar refractivity (Wildman–Crippen MR) is 74.3 cm³/mol. The average molecular weight is 313 g/mol. The molecule has 2 heterocycles. The minimum atomic E-state index is -3.07. The second-order valence-electron chi connectivity index (χ2n) is 5.08. The van der Waals surface area contributed by atoms with Gasteiger partial charge in [0.1, 0.15) is 17.5 Å². The molecule has 1 aromatic heterocycles. The fraction of sp³-hybridized carbons (Fsp3) is 0.308. The Morgan fingerprint density at radius 3 is 2.67 bits per heavy atom. The lowest BCUT2D eigenvalue weighted by Crippen LogP contribution is -2.14. The van der Waals surface area contributed by atoms with Crippen LogP contribution in [0.15, 0.2) is 24.3 Å². The molecule has 0 saturated carbocycles. The minimum absolute atomic E-state index is 0.0236. The summed E-state index contributed by atoms with van der Waals surface area (Å²) in [5, 5.41) is 4.18. The molecule has 1 atom stereocenters. The van der Waals surface area contributed by atoms with Crippen LogP contribution in [-0.2, 0) is 9.84 Å². The Hall–Kier alpha value is -1.96. The van der Waals surface area contributed by atoms with E-state index >= 15 is 0 Å². The van der Waals surface area contributed by atoms with Crippen molar-refractivity contribution in [2.75, 3.05) is 17.2 Å². The lowest BCUT2D eigenvalue weighted by Gasteiger charge is -2.10. The number of nitrogen functional groups attached to an aromatic ring is 1. The fourth-order valence-electron chi connectivity index (χ4n) is 2.50. The molecule has 0 spiro atoms. The largest absolute Gasteiger partial charge is 0.384 e. The summed E-state index contributed by atoms with van der Waals surface area (Å²) in [6, 6.07) is 4.30. The monoisotopic (exact) mass is 313 g/mol. The van der Waals surface area contributed by atoms with Crippen molar-refractivity contribution < 1.29 is 17.2 Å². The molecule has 1 fully saturated rings. The molecule has 1 unspecified atom stereocenters. The third-order valence-electron chi connectivity index (χ3n) is 3.53. The average Bonchev–Trinajstić information content (AvgIpc) is 2.92. The highest BCUT2D eigenvalue weighted by atomic mass is 32.2. The molecule has 1 aliphatic heterocycles. The van der Waals surface area contributed by atoms with Crippen LogP contribution in [0, 0.1) is 11.6 Å². The first-order chi connectivity index (χ1) is 9.85. The van der Waals surface area contributed by atoms with Crippen LogP contribution in [0.4, 0.5) is 14.6 Å². The van der Waals surface area contributed by atoms with Crippen molar-refractivity contribution in [1.82, 2.24) is 9.78 Å². The van der Waals surface area contributed by atoms with Gasteiger partial charge in [0, 0.05) is 17.7 Å². The van der Waals surface area contributed by atoms with Gasteiger partial charge in [0.15, 0.2) is 9.84 Å². The van der Waals surface area contributed by atoms with E-state index in [1.807, 2.05) is 0 Å². The maximum Gasteiger partial charge on any atom is 0.152 e. The van der Waals surface area contributed by atoms with Gasteiger partial charge in [-0.15, -0.1) is 0 Å². The normalized spacial score (nSPS) is 20.8. The van der Waals surface area contributed by atoms with Gasteiger partial charge >= 0.3 is 0 Å². The van der Waals surface area contributed by atoms with Crippen molar-refractivity contribution in [3.63, 3.8) is 0 Å². The van der Waals surface area contributed by atoms with Gasteiger partial charge in [-0.2, -0.15) is 5.10 Å². The number of nitrogens with zero attached hydrogens (tertiary/aromatic N) is 2. The van der Waals surface area contributed by atoms with Crippen LogP contribution >= 0.6 is 0 Å². The minimum Gasteiger partial charge on any atom is -0.384 e. The van der Waals surface area contributed by atoms with Crippen molar-refractivity contribution in [2.24, 2.45) is 0 Å². The summed E-state index contributed by atoms with van der Waals surface area (Å²) in [5.74, 6) is -1.08. The molecule has 21 heavy (non-hydrogen) atoms. The first-order valence-electron chi connectivity index (χ1n) is 6.36. The van der Waals surface area contributed by atoms with E-state index < -0.39 is 21.5 Å². The van der Waals surface area contributed by atoms with E-state index in [0.717, 1.165) is 12.1 Å². The van der Waals surface area contributed by atoms with E-state index in [2.05, 4.69) is 5.10 Å². The highest BCUT2D eigenvalue weighted by molar-refractivity contribution is 7.91. The molecule has 5 nitrogen and oxygen atoms in total. The Morgan fingerprint density at radius 2 is 2.05 bits per heavy atom. The van der Waals surface area contributed by atoms with E-state index in [4.69, 9.17) is 5.73 Å². The maximum atomic E-state index is 13.8. The standard InChI is InChI=1S/C13H13F2N3O2S/c14-8-1-2-10(11(15)5-8)12-6-13(16)18(17-12)9-3-4-21(19,20)7-9/h1-2,5-6,9H,3-4,7,16H2. The first-order valence-corrected chi connectivity index (χ1v) is 8.19. The molecule has 8 heteroatoms. The molecule has 112 valence electrons. The summed E-state index contributed by atoms with van der Waals surface area (Å²) < 4.78 is 51.1. The highest BCUT2D eigenvalue weighted by Crippen LogP contribution is 2.29. The van der Waals surface area contributed by atoms with Gasteiger partial charge in [0.05, 0.1) is 23.2 Å². The second-order valence-corrected chi connectivity index (χ2v) is 7.31. The van der Waals surface area contributed by atoms with Gasteiger partial charge in [0.25, 0.3) is 0 Å². The zero-order chi connectivity index (χ0) is 15.2. The lowest BCUT2D eigenvalue weighted by atomic mass is 10.1. The van der Waals surface area contributed by atoms with Crippen molar-refractivity contribution >= 4 is 15.7 Å². The van der Waals surface area contributed by atoms with Crippen molar-refractivity contribution in [3.8, 4) is 11.3 Å². The van der Waals surface area contributed by atoms with Crippen LogP contribution in [-0.4, -0.2) is 29.7 Å². The third kappa shape index (κ3) is 2.63. The van der Waals surface area contributed by atoms with E-state index in [9.17, 15) is 17.2 Å². The SMILES string of the molecule is Nc1cc(-c2ccc(F)cc2F)nn1C1CCS(=O)(=O)C1. The van der Waals surface area contributed by atoms with E-state index in [1.165, 1.54) is 16.8 Å². The Kier molecular flexibility index (Phi) is 3.20. The molecular formula is C13H13F2N3O2S. The van der Waals surface area contributed by atoms with Crippen LogP contribution in [0.3, 0.4) is 0 Å². The van der Waals surface area contributed by atoms with Crippen LogP contribution in [0.1, 0.15) is 12.5 Å². The quantitative estimate of drug-likeness (QED) is 0.916. The molecule has 1 aliphatic rings. The predicted octanol–water partition coefficient (Wildman–Crippen LogP) is 1.77. The molecule has 1 saturated heterocycles. The second kappa shape index (κ2) is 4.80. The van der Waals surface area contributed by atoms with Gasteiger partial charge in [0.2, 0.25) is 0 Å². The molecular weight excluding hydrogens is 300 g/mol. The first kappa shape index (κ1) is 14.0. The van der Waals surface area contributed by atoms with E-state index in [1.54, 1.807) is 0 Å². The lowest BCUT2D eigenvalue weighted by molar-refractivity contribution is 0.507. The number of nitrogens with two attached hydrogens (primary N) is 1. The molecule has 0 aliphatic carbocycles. The number of hydrogen-bond donors (Lipinski definition) is 1. The van der Waals surface area contributed by atoms with Crippen molar-refractivity contribution in [3.05, 3.63) is 35.9 Å². The van der Waals surface area contributed by atoms with E-state index in [0.29, 0.717) is 6.42 Å². The van der Waals surface area contributed by atoms with E-state index in [-0.39, 0.29) is 34.6 Å². The van der Waals surface area contributed by atoms with Crippen molar-refractivity contribution in [2.45, 2.75) is 12.5 Å². The van der Waals surface area contributed by atoms with Gasteiger partial charge in [-0.3, -0.25) is 0 Å². The smallest absolute Gasteiger partial charge is 0.152 e. The number of sulfone groups is 1. The van der Waals surface area contributed by atoms with Crippen LogP contribution < -0.4 is 5.73 Å². The van der Waals surface area contributed by atoms with Gasteiger partial charge in [-0.25, -0.2) is 21.9 Å². The summed E-state index contributed by atoms with van der Waals surface area (Å²) >= 11 is 0. The van der Waals surface area contributed by atoms with Gasteiger partial charge < -0.3 is 5.73 Å². The summed E-state index contributed by atoms with van der Waals surface area (Å²) in [4.78, 5) is 0. The van der Waals surface area contributed by atoms with Crippen LogP contribution in [0.2, 0.25) is 0 Å². The van der Waals surface area contributed by atoms with Gasteiger partial charge in [-0.1, -0.05) is 0 Å². The molecule has 1 aromatic carbocycles. The number of aromatic nitrogens is 2. The van der Waals surface area contributed by atoms with Crippen molar-refractivity contribution in [1.29, 1.82) is 0 Å². The summed E-state index contributed by atoms with van der Waals surface area (Å²) in [7, 11) is -3.07. The Bertz CT molecular complexity index is 802. The zero-order valence-corrected chi connectivity index (χ0v) is 11.8. The van der Waals surface area contributed by atoms with Gasteiger partial charge in [-0.05, 0) is 18.6 Å². The molecule has 2 N–H and O–H groups in total. The number of benzene rings is 1. The molecule has 0 bridgehead atoms. The fourth-order valence-corrected chi connectivity index (χ4v) is 4.19. The molecule has 0 radical (unpaired) electrons. The Morgan fingerprint density at radius 1 is 1.29 bits per heavy atom. The molecule has 3 rings (SSSR count). The number of hydrogen-bond acceptors (Lipinski definition) is 4. The Balaban J connectivity index is 1.98. The molecule has 0 amide bonds. The number of rotatable bonds is 2. The summed E-state index contributed by atoms with van der Waals surface area (Å²) in [6.07, 6.45) is 0.430. The topological polar surface area (TPSA) is 78.0 Å². The van der Waals surface area contributed by atoms with Crippen LogP contribution in [0.25, 0.3) is 11.3 Å². The summed E-state index contributed by atoms with van der Waals surface area (Å²) in [6.45, 7) is 0. The number of halogens is 2. The Labute approximate surface area is 120 Å². The third-order valence-corrected chi connectivity index (χ3v) is 5.28. The number of anilines is 1. The van der Waals surface area contributed by atoms with Crippen LogP contribution in [0.5, 0.6) is 0 Å². The zero-order valence-electron chi connectivity index (χ0n) is 11.0. The summed E-state index contributed by atoms with van der Waals surface area (Å²) in [5.41, 5.74) is 6.22. The molecule has 2 aromatic rings. The highest BCUT2D eigenvalue weighted by Gasteiger charge is 2.31. The maximum absolute atomic E-state index is 13.8.